The van der Waals surface area contributed by atoms with Crippen LogP contribution in [0.15, 0.2) is 0 Å². The zero-order chi connectivity index (χ0) is 11.8. The van der Waals surface area contributed by atoms with E-state index in [0.717, 1.165) is 38.8 Å². The molecule has 1 aliphatic heterocycles. The lowest BCUT2D eigenvalue weighted by molar-refractivity contribution is -0.144. The van der Waals surface area contributed by atoms with Crippen LogP contribution in [0.4, 0.5) is 0 Å². The van der Waals surface area contributed by atoms with Crippen LogP contribution >= 0.6 is 0 Å². The second-order valence-corrected chi connectivity index (χ2v) is 5.77. The van der Waals surface area contributed by atoms with E-state index in [4.69, 9.17) is 4.74 Å². The summed E-state index contributed by atoms with van der Waals surface area (Å²) in [5.41, 5.74) is 0. The van der Waals surface area contributed by atoms with Crippen molar-refractivity contribution in [3.63, 3.8) is 0 Å². The molecular formula is C13H21NO3. The summed E-state index contributed by atoms with van der Waals surface area (Å²) in [5, 5.41) is 12.8. The zero-order valence-corrected chi connectivity index (χ0v) is 10.1. The van der Waals surface area contributed by atoms with Crippen molar-refractivity contribution in [3.05, 3.63) is 0 Å². The topological polar surface area (TPSA) is 58.6 Å². The molecule has 2 aliphatic carbocycles. The summed E-state index contributed by atoms with van der Waals surface area (Å²) in [6.45, 7) is 1.70. The van der Waals surface area contributed by atoms with Crippen molar-refractivity contribution in [1.82, 2.24) is 5.32 Å². The van der Waals surface area contributed by atoms with Gasteiger partial charge < -0.3 is 15.2 Å². The molecule has 0 aromatic heterocycles. The SMILES string of the molecule is O=C(O)C1C2CCC(C2)C1NCC1CCCO1. The lowest BCUT2D eigenvalue weighted by Gasteiger charge is -2.29. The van der Waals surface area contributed by atoms with E-state index >= 15 is 0 Å². The van der Waals surface area contributed by atoms with Gasteiger partial charge in [-0.2, -0.15) is 0 Å². The molecule has 1 heterocycles. The number of hydrogen-bond donors (Lipinski definition) is 2. The van der Waals surface area contributed by atoms with Gasteiger partial charge in [-0.05, 0) is 43.9 Å². The van der Waals surface area contributed by atoms with Crippen LogP contribution in [-0.2, 0) is 9.53 Å². The second-order valence-electron chi connectivity index (χ2n) is 5.77. The van der Waals surface area contributed by atoms with Crippen LogP contribution in [0.3, 0.4) is 0 Å². The molecule has 0 spiro atoms. The molecule has 3 fully saturated rings. The first kappa shape index (κ1) is 11.5. The Morgan fingerprint density at radius 3 is 2.82 bits per heavy atom. The van der Waals surface area contributed by atoms with Gasteiger partial charge in [0.25, 0.3) is 0 Å². The van der Waals surface area contributed by atoms with Gasteiger partial charge in [-0.3, -0.25) is 4.79 Å². The molecule has 4 heteroatoms. The average Bonchev–Trinajstić information content (AvgIpc) is 3.01. The summed E-state index contributed by atoms with van der Waals surface area (Å²) < 4.78 is 5.58. The fraction of sp³-hybridized carbons (Fsp3) is 0.923. The Labute approximate surface area is 102 Å². The van der Waals surface area contributed by atoms with E-state index in [1.54, 1.807) is 0 Å². The molecule has 17 heavy (non-hydrogen) atoms. The number of nitrogens with one attached hydrogen (secondary N) is 1. The van der Waals surface area contributed by atoms with Gasteiger partial charge >= 0.3 is 5.97 Å². The van der Waals surface area contributed by atoms with Crippen molar-refractivity contribution in [2.75, 3.05) is 13.2 Å². The molecule has 1 saturated heterocycles. The van der Waals surface area contributed by atoms with Gasteiger partial charge in [0.2, 0.25) is 0 Å². The Bertz CT molecular complexity index is 301. The van der Waals surface area contributed by atoms with E-state index in [1.165, 1.54) is 6.42 Å². The molecule has 2 bridgehead atoms. The molecule has 0 radical (unpaired) electrons. The van der Waals surface area contributed by atoms with E-state index in [0.29, 0.717) is 17.9 Å². The highest BCUT2D eigenvalue weighted by molar-refractivity contribution is 5.72. The standard InChI is InChI=1S/C13H21NO3/c15-13(16)11-8-3-4-9(6-8)12(11)14-7-10-2-1-5-17-10/h8-12,14H,1-7H2,(H,15,16). The van der Waals surface area contributed by atoms with Gasteiger partial charge in [-0.25, -0.2) is 0 Å². The third kappa shape index (κ3) is 2.08. The van der Waals surface area contributed by atoms with Crippen molar-refractivity contribution in [2.45, 2.75) is 44.2 Å². The summed E-state index contributed by atoms with van der Waals surface area (Å²) in [5.74, 6) is 0.235. The first-order valence-electron chi connectivity index (χ1n) is 6.83. The predicted molar refractivity (Wildman–Crippen MR) is 62.7 cm³/mol. The Morgan fingerprint density at radius 2 is 2.12 bits per heavy atom. The molecule has 96 valence electrons. The molecule has 0 amide bonds. The molecule has 0 aromatic rings. The third-order valence-corrected chi connectivity index (χ3v) is 4.81. The lowest BCUT2D eigenvalue weighted by Crippen LogP contribution is -2.46. The lowest BCUT2D eigenvalue weighted by atomic mass is 9.84. The predicted octanol–water partition coefficient (Wildman–Crippen LogP) is 1.25. The van der Waals surface area contributed by atoms with Gasteiger partial charge in [0, 0.05) is 19.2 Å². The van der Waals surface area contributed by atoms with Gasteiger partial charge in [0.1, 0.15) is 0 Å². The fourth-order valence-corrected chi connectivity index (χ4v) is 4.01. The van der Waals surface area contributed by atoms with Crippen molar-refractivity contribution < 1.29 is 14.6 Å². The summed E-state index contributed by atoms with van der Waals surface area (Å²) in [4.78, 5) is 11.3. The number of fused-ring (bicyclic) bond motifs is 2. The molecule has 3 aliphatic rings. The summed E-state index contributed by atoms with van der Waals surface area (Å²) in [6.07, 6.45) is 6.00. The number of hydrogen-bond acceptors (Lipinski definition) is 3. The van der Waals surface area contributed by atoms with Crippen molar-refractivity contribution in [1.29, 1.82) is 0 Å². The second kappa shape index (κ2) is 4.58. The maximum Gasteiger partial charge on any atom is 0.308 e. The molecule has 5 unspecified atom stereocenters. The smallest absolute Gasteiger partial charge is 0.308 e. The number of aliphatic carboxylic acids is 1. The molecule has 0 aromatic carbocycles. The van der Waals surface area contributed by atoms with Gasteiger partial charge in [-0.1, -0.05) is 0 Å². The van der Waals surface area contributed by atoms with Gasteiger partial charge in [0.05, 0.1) is 12.0 Å². The number of carbonyl (C=O) groups is 1. The third-order valence-electron chi connectivity index (χ3n) is 4.81. The summed E-state index contributed by atoms with van der Waals surface area (Å²) >= 11 is 0. The molecule has 3 rings (SSSR count). The largest absolute Gasteiger partial charge is 0.481 e. The molecule has 2 N–H and O–H groups in total. The maximum atomic E-state index is 11.3. The minimum atomic E-state index is -0.609. The minimum Gasteiger partial charge on any atom is -0.481 e. The van der Waals surface area contributed by atoms with Gasteiger partial charge in [-0.15, -0.1) is 0 Å². The summed E-state index contributed by atoms with van der Waals surface area (Å²) in [6, 6.07) is 0.190. The van der Waals surface area contributed by atoms with Crippen molar-refractivity contribution in [3.8, 4) is 0 Å². The number of carboxylic acids is 1. The maximum absolute atomic E-state index is 11.3. The highest BCUT2D eigenvalue weighted by atomic mass is 16.5. The molecule has 5 atom stereocenters. The Hall–Kier alpha value is -0.610. The van der Waals surface area contributed by atoms with E-state index in [-0.39, 0.29) is 12.0 Å². The number of rotatable bonds is 4. The number of ether oxygens (including phenoxy) is 1. The minimum absolute atomic E-state index is 0.157. The Morgan fingerprint density at radius 1 is 1.29 bits per heavy atom. The fourth-order valence-electron chi connectivity index (χ4n) is 4.01. The average molecular weight is 239 g/mol. The van der Waals surface area contributed by atoms with E-state index in [9.17, 15) is 9.90 Å². The Kier molecular flexibility index (Phi) is 3.09. The van der Waals surface area contributed by atoms with E-state index in [1.807, 2.05) is 0 Å². The molecule has 2 saturated carbocycles. The van der Waals surface area contributed by atoms with Crippen LogP contribution in [0.25, 0.3) is 0 Å². The van der Waals surface area contributed by atoms with E-state index in [2.05, 4.69) is 5.32 Å². The van der Waals surface area contributed by atoms with Crippen molar-refractivity contribution in [2.24, 2.45) is 17.8 Å². The monoisotopic (exact) mass is 239 g/mol. The quantitative estimate of drug-likeness (QED) is 0.775. The van der Waals surface area contributed by atoms with Crippen LogP contribution in [0.1, 0.15) is 32.1 Å². The van der Waals surface area contributed by atoms with Crippen LogP contribution < -0.4 is 5.32 Å². The van der Waals surface area contributed by atoms with Crippen LogP contribution in [-0.4, -0.2) is 36.4 Å². The Balaban J connectivity index is 1.59. The van der Waals surface area contributed by atoms with E-state index < -0.39 is 5.97 Å². The van der Waals surface area contributed by atoms with Crippen molar-refractivity contribution >= 4 is 5.97 Å². The van der Waals surface area contributed by atoms with Crippen LogP contribution in [0.2, 0.25) is 0 Å². The van der Waals surface area contributed by atoms with Crippen LogP contribution in [0.5, 0.6) is 0 Å². The first-order chi connectivity index (χ1) is 8.25. The van der Waals surface area contributed by atoms with Crippen LogP contribution in [0, 0.1) is 17.8 Å². The first-order valence-corrected chi connectivity index (χ1v) is 6.83. The molecule has 4 nitrogen and oxygen atoms in total. The highest BCUT2D eigenvalue weighted by Crippen LogP contribution is 2.48. The normalized spacial score (nSPS) is 44.4. The summed E-state index contributed by atoms with van der Waals surface area (Å²) in [7, 11) is 0. The zero-order valence-electron chi connectivity index (χ0n) is 10.1. The number of carboxylic acid groups (broad SMARTS) is 1. The molecular weight excluding hydrogens is 218 g/mol. The highest BCUT2D eigenvalue weighted by Gasteiger charge is 2.50. The van der Waals surface area contributed by atoms with Gasteiger partial charge in [0.15, 0.2) is 0 Å².